The van der Waals surface area contributed by atoms with Gasteiger partial charge in [-0.05, 0) is 17.7 Å². The van der Waals surface area contributed by atoms with E-state index >= 15 is 0 Å². The summed E-state index contributed by atoms with van der Waals surface area (Å²) in [6, 6.07) is 6.44. The Morgan fingerprint density at radius 1 is 1.29 bits per heavy atom. The summed E-state index contributed by atoms with van der Waals surface area (Å²) in [7, 11) is 3.60. The summed E-state index contributed by atoms with van der Waals surface area (Å²) in [5, 5.41) is 3.39. The number of ether oxygens (including phenoxy) is 2. The van der Waals surface area contributed by atoms with Crippen molar-refractivity contribution >= 4 is 0 Å². The number of hydrogen-bond acceptors (Lipinski definition) is 4. The third-order valence-corrected chi connectivity index (χ3v) is 3.22. The number of aryl methyl sites for hydroxylation is 1. The van der Waals surface area contributed by atoms with Crippen LogP contribution in [-0.2, 0) is 20.2 Å². The molecule has 1 heterocycles. The minimum Gasteiger partial charge on any atom is -0.493 e. The molecule has 5 heteroatoms. The van der Waals surface area contributed by atoms with Crippen molar-refractivity contribution in [1.82, 2.24) is 14.9 Å². The van der Waals surface area contributed by atoms with Gasteiger partial charge in [0.05, 0.1) is 7.11 Å². The van der Waals surface area contributed by atoms with E-state index in [1.54, 1.807) is 13.3 Å². The van der Waals surface area contributed by atoms with E-state index in [2.05, 4.69) is 24.1 Å². The van der Waals surface area contributed by atoms with Gasteiger partial charge in [-0.15, -0.1) is 0 Å². The number of imidazole rings is 1. The summed E-state index contributed by atoms with van der Waals surface area (Å²) in [5.41, 5.74) is 1.17. The molecule has 2 aromatic rings. The van der Waals surface area contributed by atoms with Gasteiger partial charge in [0, 0.05) is 32.0 Å². The van der Waals surface area contributed by atoms with Crippen molar-refractivity contribution in [1.29, 1.82) is 0 Å². The lowest BCUT2D eigenvalue weighted by Crippen LogP contribution is -2.21. The Morgan fingerprint density at radius 3 is 2.71 bits per heavy atom. The van der Waals surface area contributed by atoms with Crippen molar-refractivity contribution < 1.29 is 9.47 Å². The molecule has 1 aromatic carbocycles. The van der Waals surface area contributed by atoms with Gasteiger partial charge in [-0.1, -0.05) is 19.9 Å². The smallest absolute Gasteiger partial charge is 0.162 e. The van der Waals surface area contributed by atoms with Gasteiger partial charge in [-0.3, -0.25) is 0 Å². The van der Waals surface area contributed by atoms with E-state index in [0.717, 1.165) is 23.9 Å². The molecule has 0 fully saturated rings. The molecular weight excluding hydrogens is 266 g/mol. The van der Waals surface area contributed by atoms with Crippen molar-refractivity contribution in [3.05, 3.63) is 42.0 Å². The Balaban J connectivity index is 2.08. The average Bonchev–Trinajstić information content (AvgIpc) is 2.88. The lowest BCUT2D eigenvalue weighted by Gasteiger charge is -2.13. The molecule has 0 bridgehead atoms. The minimum atomic E-state index is 0.418. The Labute approximate surface area is 125 Å². The van der Waals surface area contributed by atoms with E-state index in [1.165, 1.54) is 5.56 Å². The molecule has 0 saturated heterocycles. The van der Waals surface area contributed by atoms with Gasteiger partial charge in [0.2, 0.25) is 0 Å². The zero-order valence-corrected chi connectivity index (χ0v) is 13.1. The van der Waals surface area contributed by atoms with E-state index in [1.807, 2.05) is 36.0 Å². The molecule has 2 rings (SSSR count). The lowest BCUT2D eigenvalue weighted by atomic mass is 10.2. The standard InChI is InChI=1S/C16H23N3O2/c1-12(2)18-10-13-5-6-14(20-4)15(9-13)21-11-16-17-7-8-19(16)3/h5-9,12,18H,10-11H2,1-4H3. The number of aromatic nitrogens is 2. The van der Waals surface area contributed by atoms with Crippen LogP contribution >= 0.6 is 0 Å². The second-order valence-corrected chi connectivity index (χ2v) is 5.26. The highest BCUT2D eigenvalue weighted by Gasteiger charge is 2.08. The first-order valence-electron chi connectivity index (χ1n) is 7.09. The third-order valence-electron chi connectivity index (χ3n) is 3.22. The summed E-state index contributed by atoms with van der Waals surface area (Å²) >= 11 is 0. The number of nitrogens with one attached hydrogen (secondary N) is 1. The van der Waals surface area contributed by atoms with Crippen molar-refractivity contribution in [2.75, 3.05) is 7.11 Å². The normalized spacial score (nSPS) is 10.9. The van der Waals surface area contributed by atoms with Gasteiger partial charge in [-0.2, -0.15) is 0 Å². The molecule has 1 aromatic heterocycles. The fourth-order valence-electron chi connectivity index (χ4n) is 1.94. The fourth-order valence-corrected chi connectivity index (χ4v) is 1.94. The van der Waals surface area contributed by atoms with Gasteiger partial charge in [-0.25, -0.2) is 4.98 Å². The van der Waals surface area contributed by atoms with Crippen LogP contribution in [0.4, 0.5) is 0 Å². The van der Waals surface area contributed by atoms with Crippen LogP contribution < -0.4 is 14.8 Å². The highest BCUT2D eigenvalue weighted by atomic mass is 16.5. The molecular formula is C16H23N3O2. The van der Waals surface area contributed by atoms with Crippen LogP contribution in [0.25, 0.3) is 0 Å². The van der Waals surface area contributed by atoms with Gasteiger partial charge < -0.3 is 19.4 Å². The highest BCUT2D eigenvalue weighted by Crippen LogP contribution is 2.28. The first-order valence-corrected chi connectivity index (χ1v) is 7.09. The quantitative estimate of drug-likeness (QED) is 0.851. The lowest BCUT2D eigenvalue weighted by molar-refractivity contribution is 0.273. The monoisotopic (exact) mass is 289 g/mol. The SMILES string of the molecule is COc1ccc(CNC(C)C)cc1OCc1nccn1C. The molecule has 0 aliphatic heterocycles. The molecule has 114 valence electrons. The Kier molecular flexibility index (Phi) is 5.22. The number of nitrogens with zero attached hydrogens (tertiary/aromatic N) is 2. The highest BCUT2D eigenvalue weighted by molar-refractivity contribution is 5.43. The van der Waals surface area contributed by atoms with Gasteiger partial charge in [0.25, 0.3) is 0 Å². The Morgan fingerprint density at radius 2 is 2.10 bits per heavy atom. The zero-order chi connectivity index (χ0) is 15.2. The van der Waals surface area contributed by atoms with Gasteiger partial charge >= 0.3 is 0 Å². The summed E-state index contributed by atoms with van der Waals surface area (Å²) in [4.78, 5) is 4.25. The second-order valence-electron chi connectivity index (χ2n) is 5.26. The number of rotatable bonds is 7. The Hall–Kier alpha value is -2.01. The van der Waals surface area contributed by atoms with Crippen LogP contribution in [-0.4, -0.2) is 22.7 Å². The van der Waals surface area contributed by atoms with Crippen molar-refractivity contribution in [3.8, 4) is 11.5 Å². The maximum Gasteiger partial charge on any atom is 0.162 e. The predicted octanol–water partition coefficient (Wildman–Crippen LogP) is 2.51. The molecule has 21 heavy (non-hydrogen) atoms. The molecule has 0 saturated carbocycles. The fraction of sp³-hybridized carbons (Fsp3) is 0.438. The molecule has 0 aliphatic carbocycles. The van der Waals surface area contributed by atoms with E-state index in [4.69, 9.17) is 9.47 Å². The topological polar surface area (TPSA) is 48.3 Å². The van der Waals surface area contributed by atoms with Crippen LogP contribution in [0.1, 0.15) is 25.2 Å². The van der Waals surface area contributed by atoms with E-state index in [9.17, 15) is 0 Å². The second kappa shape index (κ2) is 7.13. The largest absolute Gasteiger partial charge is 0.493 e. The van der Waals surface area contributed by atoms with Crippen molar-refractivity contribution in [3.63, 3.8) is 0 Å². The first-order chi connectivity index (χ1) is 10.1. The van der Waals surface area contributed by atoms with Crippen LogP contribution in [0, 0.1) is 0 Å². The van der Waals surface area contributed by atoms with E-state index in [0.29, 0.717) is 12.6 Å². The minimum absolute atomic E-state index is 0.418. The van der Waals surface area contributed by atoms with Gasteiger partial charge in [0.1, 0.15) is 12.4 Å². The number of methoxy groups -OCH3 is 1. The van der Waals surface area contributed by atoms with Crippen molar-refractivity contribution in [2.24, 2.45) is 7.05 Å². The van der Waals surface area contributed by atoms with Gasteiger partial charge in [0.15, 0.2) is 11.5 Å². The number of benzene rings is 1. The van der Waals surface area contributed by atoms with Crippen LogP contribution in [0.2, 0.25) is 0 Å². The molecule has 0 aliphatic rings. The summed E-state index contributed by atoms with van der Waals surface area (Å²) in [6.45, 7) is 5.48. The molecule has 0 unspecified atom stereocenters. The molecule has 0 radical (unpaired) electrons. The van der Waals surface area contributed by atoms with Crippen LogP contribution in [0.3, 0.4) is 0 Å². The molecule has 1 N–H and O–H groups in total. The maximum absolute atomic E-state index is 5.86. The first kappa shape index (κ1) is 15.4. The molecule has 0 amide bonds. The maximum atomic E-state index is 5.86. The molecule has 0 atom stereocenters. The molecule has 5 nitrogen and oxygen atoms in total. The zero-order valence-electron chi connectivity index (χ0n) is 13.1. The van der Waals surface area contributed by atoms with Crippen LogP contribution in [0.5, 0.6) is 11.5 Å². The predicted molar refractivity (Wildman–Crippen MR) is 82.5 cm³/mol. The number of hydrogen-bond donors (Lipinski definition) is 1. The summed E-state index contributed by atoms with van der Waals surface area (Å²) in [5.74, 6) is 2.35. The average molecular weight is 289 g/mol. The van der Waals surface area contributed by atoms with Crippen molar-refractivity contribution in [2.45, 2.75) is 33.0 Å². The molecule has 0 spiro atoms. The van der Waals surface area contributed by atoms with E-state index < -0.39 is 0 Å². The van der Waals surface area contributed by atoms with Crippen LogP contribution in [0.15, 0.2) is 30.6 Å². The summed E-state index contributed by atoms with van der Waals surface area (Å²) in [6.07, 6.45) is 3.66. The Bertz CT molecular complexity index is 579. The van der Waals surface area contributed by atoms with E-state index in [-0.39, 0.29) is 0 Å². The third kappa shape index (κ3) is 4.23. The summed E-state index contributed by atoms with van der Waals surface area (Å²) < 4.78 is 13.2.